The summed E-state index contributed by atoms with van der Waals surface area (Å²) in [5.74, 6) is -0.347. The number of ether oxygens (including phenoxy) is 1. The van der Waals surface area contributed by atoms with Crippen LogP contribution in [0.5, 0.6) is 11.6 Å². The predicted octanol–water partition coefficient (Wildman–Crippen LogP) is 3.42. The Morgan fingerprint density at radius 2 is 2.12 bits per heavy atom. The zero-order valence-corrected chi connectivity index (χ0v) is 13.9. The minimum Gasteiger partial charge on any atom is -0.434 e. The van der Waals surface area contributed by atoms with Gasteiger partial charge in [-0.3, -0.25) is 0 Å². The molecule has 1 aromatic carbocycles. The molecular weight excluding hydrogens is 335 g/mol. The summed E-state index contributed by atoms with van der Waals surface area (Å²) in [4.78, 5) is 8.44. The number of anilines is 1. The summed E-state index contributed by atoms with van der Waals surface area (Å²) in [6.45, 7) is 2.72. The molecule has 0 unspecified atom stereocenters. The summed E-state index contributed by atoms with van der Waals surface area (Å²) >= 11 is 0. The highest BCUT2D eigenvalue weighted by molar-refractivity contribution is 5.89. The maximum atomic E-state index is 14.2. The van der Waals surface area contributed by atoms with Gasteiger partial charge in [0, 0.05) is 18.3 Å². The van der Waals surface area contributed by atoms with Crippen LogP contribution in [0.15, 0.2) is 49.1 Å². The standard InChI is InChI=1S/C18H15FN6O/c1-2-25-10-22-16-12(9-23-24-17(16)25)11-5-6-13(19)15(8-11)26-18-14(20)4-3-7-21-18/h3-10H,2,20H2,1H3. The number of aryl methyl sites for hydroxylation is 1. The van der Waals surface area contributed by atoms with Crippen molar-refractivity contribution in [3.05, 3.63) is 54.9 Å². The van der Waals surface area contributed by atoms with E-state index in [4.69, 9.17) is 10.5 Å². The molecule has 7 nitrogen and oxygen atoms in total. The number of halogens is 1. The fraction of sp³-hybridized carbons (Fsp3) is 0.111. The largest absolute Gasteiger partial charge is 0.434 e. The molecule has 0 aliphatic heterocycles. The van der Waals surface area contributed by atoms with Gasteiger partial charge in [-0.05, 0) is 36.8 Å². The fourth-order valence-electron chi connectivity index (χ4n) is 2.66. The average Bonchev–Trinajstić information content (AvgIpc) is 3.08. The normalized spacial score (nSPS) is 11.0. The third-order valence-electron chi connectivity index (χ3n) is 3.99. The first-order valence-electron chi connectivity index (χ1n) is 8.02. The molecule has 26 heavy (non-hydrogen) atoms. The van der Waals surface area contributed by atoms with E-state index in [2.05, 4.69) is 20.2 Å². The molecule has 130 valence electrons. The molecule has 0 bridgehead atoms. The van der Waals surface area contributed by atoms with Gasteiger partial charge in [0.2, 0.25) is 5.88 Å². The molecule has 0 radical (unpaired) electrons. The molecule has 0 amide bonds. The second-order valence-corrected chi connectivity index (χ2v) is 5.61. The van der Waals surface area contributed by atoms with Gasteiger partial charge < -0.3 is 15.0 Å². The van der Waals surface area contributed by atoms with Crippen LogP contribution in [0.3, 0.4) is 0 Å². The molecule has 4 rings (SSSR count). The minimum atomic E-state index is -0.517. The van der Waals surface area contributed by atoms with Crippen molar-refractivity contribution in [1.82, 2.24) is 24.7 Å². The zero-order valence-electron chi connectivity index (χ0n) is 13.9. The van der Waals surface area contributed by atoms with E-state index in [1.165, 1.54) is 12.3 Å². The third-order valence-corrected chi connectivity index (χ3v) is 3.99. The van der Waals surface area contributed by atoms with E-state index >= 15 is 0 Å². The highest BCUT2D eigenvalue weighted by atomic mass is 19.1. The minimum absolute atomic E-state index is 0.0211. The summed E-state index contributed by atoms with van der Waals surface area (Å²) in [5, 5.41) is 8.18. The molecule has 0 aliphatic rings. The highest BCUT2D eigenvalue weighted by Gasteiger charge is 2.14. The summed E-state index contributed by atoms with van der Waals surface area (Å²) in [6.07, 6.45) is 4.83. The number of nitrogens with two attached hydrogens (primary N) is 1. The van der Waals surface area contributed by atoms with Crippen molar-refractivity contribution in [1.29, 1.82) is 0 Å². The molecule has 2 N–H and O–H groups in total. The Bertz CT molecular complexity index is 1090. The number of imidazole rings is 1. The van der Waals surface area contributed by atoms with Crippen LogP contribution in [0.25, 0.3) is 22.3 Å². The smallest absolute Gasteiger partial charge is 0.242 e. The van der Waals surface area contributed by atoms with Gasteiger partial charge >= 0.3 is 0 Å². The fourth-order valence-corrected chi connectivity index (χ4v) is 2.66. The molecule has 0 saturated carbocycles. The first-order valence-corrected chi connectivity index (χ1v) is 8.02. The van der Waals surface area contributed by atoms with Crippen LogP contribution >= 0.6 is 0 Å². The van der Waals surface area contributed by atoms with Gasteiger partial charge in [-0.25, -0.2) is 14.4 Å². The number of hydrogen-bond donors (Lipinski definition) is 1. The molecular formula is C18H15FN6O. The third kappa shape index (κ3) is 2.71. The van der Waals surface area contributed by atoms with E-state index in [9.17, 15) is 4.39 Å². The molecule has 0 saturated heterocycles. The van der Waals surface area contributed by atoms with Gasteiger partial charge in [0.05, 0.1) is 18.2 Å². The van der Waals surface area contributed by atoms with Gasteiger partial charge in [-0.2, -0.15) is 5.10 Å². The van der Waals surface area contributed by atoms with E-state index < -0.39 is 5.82 Å². The van der Waals surface area contributed by atoms with E-state index in [1.54, 1.807) is 36.8 Å². The summed E-state index contributed by atoms with van der Waals surface area (Å²) in [7, 11) is 0. The quantitative estimate of drug-likeness (QED) is 0.606. The summed E-state index contributed by atoms with van der Waals surface area (Å²) in [6, 6.07) is 7.86. The molecule has 0 spiro atoms. The van der Waals surface area contributed by atoms with Crippen molar-refractivity contribution in [2.45, 2.75) is 13.5 Å². The van der Waals surface area contributed by atoms with Crippen LogP contribution in [-0.2, 0) is 6.54 Å². The SMILES string of the molecule is CCn1cnc2c(-c3ccc(F)c(Oc4ncccc4N)c3)cnnc21. The molecule has 3 heterocycles. The zero-order chi connectivity index (χ0) is 18.1. The lowest BCUT2D eigenvalue weighted by Crippen LogP contribution is -1.97. The van der Waals surface area contributed by atoms with Gasteiger partial charge in [-0.1, -0.05) is 6.07 Å². The first kappa shape index (κ1) is 15.9. The molecule has 0 atom stereocenters. The maximum absolute atomic E-state index is 14.2. The molecule has 8 heteroatoms. The van der Waals surface area contributed by atoms with Crippen molar-refractivity contribution in [2.24, 2.45) is 0 Å². The number of benzene rings is 1. The topological polar surface area (TPSA) is 91.7 Å². The molecule has 0 aliphatic carbocycles. The Kier molecular flexibility index (Phi) is 3.92. The van der Waals surface area contributed by atoms with Gasteiger partial charge in [0.1, 0.15) is 5.52 Å². The number of nitrogens with zero attached hydrogens (tertiary/aromatic N) is 5. The number of rotatable bonds is 4. The predicted molar refractivity (Wildman–Crippen MR) is 95.1 cm³/mol. The average molecular weight is 350 g/mol. The monoisotopic (exact) mass is 350 g/mol. The summed E-state index contributed by atoms with van der Waals surface area (Å²) < 4.78 is 21.7. The van der Waals surface area contributed by atoms with Gasteiger partial charge in [0.25, 0.3) is 0 Å². The van der Waals surface area contributed by atoms with Crippen molar-refractivity contribution in [2.75, 3.05) is 5.73 Å². The Labute approximate surface area is 148 Å². The van der Waals surface area contributed by atoms with E-state index in [0.29, 0.717) is 22.4 Å². The van der Waals surface area contributed by atoms with Crippen LogP contribution in [0, 0.1) is 5.82 Å². The Balaban J connectivity index is 1.80. The number of aromatic nitrogens is 5. The lowest BCUT2D eigenvalue weighted by Gasteiger charge is -2.10. The first-order chi connectivity index (χ1) is 12.7. The van der Waals surface area contributed by atoms with Crippen molar-refractivity contribution < 1.29 is 9.13 Å². The lowest BCUT2D eigenvalue weighted by atomic mass is 10.1. The Morgan fingerprint density at radius 1 is 1.23 bits per heavy atom. The van der Waals surface area contributed by atoms with Crippen molar-refractivity contribution in [3.63, 3.8) is 0 Å². The van der Waals surface area contributed by atoms with Crippen LogP contribution < -0.4 is 10.5 Å². The van der Waals surface area contributed by atoms with Crippen LogP contribution in [0.4, 0.5) is 10.1 Å². The van der Waals surface area contributed by atoms with Crippen LogP contribution in [0.1, 0.15) is 6.92 Å². The van der Waals surface area contributed by atoms with Gasteiger partial charge in [-0.15, -0.1) is 5.10 Å². The molecule has 4 aromatic rings. The summed E-state index contributed by atoms with van der Waals surface area (Å²) in [5.41, 5.74) is 8.95. The number of hydrogen-bond acceptors (Lipinski definition) is 6. The van der Waals surface area contributed by atoms with Crippen molar-refractivity contribution >= 4 is 16.9 Å². The highest BCUT2D eigenvalue weighted by Crippen LogP contribution is 2.33. The number of fused-ring (bicyclic) bond motifs is 1. The van der Waals surface area contributed by atoms with E-state index in [0.717, 1.165) is 12.1 Å². The lowest BCUT2D eigenvalue weighted by molar-refractivity contribution is 0.430. The van der Waals surface area contributed by atoms with Crippen LogP contribution in [-0.4, -0.2) is 24.7 Å². The van der Waals surface area contributed by atoms with Crippen LogP contribution in [0.2, 0.25) is 0 Å². The Hall–Kier alpha value is -3.55. The molecule has 0 fully saturated rings. The number of nitrogen functional groups attached to an aromatic ring is 1. The molecule has 3 aromatic heterocycles. The van der Waals surface area contributed by atoms with E-state index in [-0.39, 0.29) is 11.6 Å². The Morgan fingerprint density at radius 3 is 2.92 bits per heavy atom. The second kappa shape index (κ2) is 6.40. The van der Waals surface area contributed by atoms with Crippen molar-refractivity contribution in [3.8, 4) is 22.8 Å². The van der Waals surface area contributed by atoms with E-state index in [1.807, 2.05) is 11.5 Å². The van der Waals surface area contributed by atoms with Gasteiger partial charge in [0.15, 0.2) is 17.2 Å². The second-order valence-electron chi connectivity index (χ2n) is 5.61. The number of pyridine rings is 1. The maximum Gasteiger partial charge on any atom is 0.242 e.